The summed E-state index contributed by atoms with van der Waals surface area (Å²) in [6, 6.07) is 3.75. The van der Waals surface area contributed by atoms with Crippen LogP contribution in [0, 0.1) is 0 Å². The molecule has 0 atom stereocenters. The first-order chi connectivity index (χ1) is 25.2. The Morgan fingerprint density at radius 3 is 1.00 bits per heavy atom. The fraction of sp³-hybridized carbons (Fsp3) is 0.867. The maximum absolute atomic E-state index is 12.5. The third-order valence-corrected chi connectivity index (χ3v) is 11.1. The van der Waals surface area contributed by atoms with E-state index in [1.807, 2.05) is 6.07 Å². The van der Waals surface area contributed by atoms with Crippen molar-refractivity contribution in [1.82, 2.24) is 0 Å². The average Bonchev–Trinajstić information content (AvgIpc) is 3.11. The molecular formula is C45H86O5SZr. The second-order valence-electron chi connectivity index (χ2n) is 15.5. The van der Waals surface area contributed by atoms with Crippen LogP contribution in [0.1, 0.15) is 244 Å². The summed E-state index contributed by atoms with van der Waals surface area (Å²) in [6.45, 7) is 10.3. The molecule has 0 aliphatic heterocycles. The number of hydrogen-bond acceptors (Lipinski definition) is 4. The molecule has 0 aromatic heterocycles. The third-order valence-electron chi connectivity index (χ3n) is 10.1. The van der Waals surface area contributed by atoms with Gasteiger partial charge in [-0.1, -0.05) is 200 Å². The van der Waals surface area contributed by atoms with Gasteiger partial charge < -0.3 is 5.11 Å². The first-order valence-electron chi connectivity index (χ1n) is 22.2. The molecule has 0 aliphatic rings. The van der Waals surface area contributed by atoms with Crippen LogP contribution in [0.15, 0.2) is 17.0 Å². The quantitative estimate of drug-likeness (QED) is 0.0533. The van der Waals surface area contributed by atoms with E-state index in [0.29, 0.717) is 24.7 Å². The van der Waals surface area contributed by atoms with Gasteiger partial charge in [0, 0.05) is 6.10 Å². The molecule has 306 valence electrons. The van der Waals surface area contributed by atoms with Crippen LogP contribution >= 0.6 is 0 Å². The first-order valence-corrected chi connectivity index (χ1v) is 24.6. The van der Waals surface area contributed by atoms with Crippen molar-refractivity contribution in [2.75, 3.05) is 0 Å². The molecule has 52 heavy (non-hydrogen) atoms. The summed E-state index contributed by atoms with van der Waals surface area (Å²) in [6.07, 6.45) is 41.6. The summed E-state index contributed by atoms with van der Waals surface area (Å²) in [4.78, 5) is 0.178. The molecule has 0 spiro atoms. The minimum absolute atomic E-state index is 0.167. The van der Waals surface area contributed by atoms with Gasteiger partial charge in [-0.3, -0.25) is 4.55 Å². The summed E-state index contributed by atoms with van der Waals surface area (Å²) >= 11 is 0.300. The summed E-state index contributed by atoms with van der Waals surface area (Å²) in [7, 11) is -4.23. The van der Waals surface area contributed by atoms with E-state index in [-0.39, 0.29) is 11.0 Å². The fourth-order valence-corrected chi connectivity index (χ4v) is 7.94. The second kappa shape index (κ2) is 40.4. The van der Waals surface area contributed by atoms with Gasteiger partial charge in [-0.05, 0) is 75.1 Å². The number of hydrogen-bond donors (Lipinski definition) is 2. The molecule has 0 unspecified atom stereocenters. The van der Waals surface area contributed by atoms with Gasteiger partial charge in [0.15, 0.2) is 0 Å². The van der Waals surface area contributed by atoms with E-state index in [0.717, 1.165) is 44.1 Å². The zero-order chi connectivity index (χ0) is 39.1. The molecule has 0 fully saturated rings. The molecule has 2 N–H and O–H groups in total. The van der Waals surface area contributed by atoms with Crippen LogP contribution in [0.25, 0.3) is 0 Å². The SMILES string of the molecule is CC(C)O.CCCCCCCCCCCCc1ccc(S(=O)(=O)O)c(CCCCCCCCCCCC)c1CCCCCCCCCCCC.[O]=[Zr]. The van der Waals surface area contributed by atoms with Crippen molar-refractivity contribution in [1.29, 1.82) is 0 Å². The molecular weight excluding hydrogens is 744 g/mol. The Morgan fingerprint density at radius 1 is 0.462 bits per heavy atom. The molecule has 1 aromatic carbocycles. The Bertz CT molecular complexity index is 995. The second-order valence-corrected chi connectivity index (χ2v) is 16.9. The predicted molar refractivity (Wildman–Crippen MR) is 221 cm³/mol. The van der Waals surface area contributed by atoms with Crippen molar-refractivity contribution >= 4 is 10.1 Å². The van der Waals surface area contributed by atoms with E-state index >= 15 is 0 Å². The summed E-state index contributed by atoms with van der Waals surface area (Å²) in [5, 5.41) is 8.06. The van der Waals surface area contributed by atoms with Crippen molar-refractivity contribution in [2.45, 2.75) is 258 Å². The van der Waals surface area contributed by atoms with Crippen molar-refractivity contribution < 1.29 is 45.6 Å². The molecule has 0 amide bonds. The van der Waals surface area contributed by atoms with E-state index in [1.165, 1.54) is 184 Å². The van der Waals surface area contributed by atoms with E-state index in [4.69, 9.17) is 7.92 Å². The van der Waals surface area contributed by atoms with Crippen molar-refractivity contribution in [2.24, 2.45) is 0 Å². The number of aliphatic hydroxyl groups is 1. The van der Waals surface area contributed by atoms with E-state index < -0.39 is 10.1 Å². The number of aryl methyl sites for hydroxylation is 1. The van der Waals surface area contributed by atoms with Gasteiger partial charge in [-0.25, -0.2) is 0 Å². The molecule has 0 radical (unpaired) electrons. The van der Waals surface area contributed by atoms with Gasteiger partial charge in [-0.2, -0.15) is 8.42 Å². The zero-order valence-electron chi connectivity index (χ0n) is 35.1. The fourth-order valence-electron chi connectivity index (χ4n) is 7.16. The number of rotatable bonds is 34. The standard InChI is InChI=1S/C42H78O3S.C3H8O.O.Zr/c1-4-7-10-13-16-19-22-25-28-31-34-39-37-38-42(46(43,44)45)41(36-33-30-27-24-21-18-15-12-9-6-3)40(39)35-32-29-26-23-20-17-14-11-8-5-2;1-3(2)4;;/h37-38H,4-36H2,1-3H3,(H,43,44,45);3-4H,1-2H3;;. The molecule has 0 heterocycles. The third kappa shape index (κ3) is 34.3. The molecule has 0 saturated heterocycles. The molecule has 0 bridgehead atoms. The van der Waals surface area contributed by atoms with Crippen LogP contribution in [0.3, 0.4) is 0 Å². The average molecular weight is 830 g/mol. The van der Waals surface area contributed by atoms with Gasteiger partial charge in [0.05, 0.1) is 4.90 Å². The normalized spacial score (nSPS) is 11.3. The molecule has 5 nitrogen and oxygen atoms in total. The van der Waals surface area contributed by atoms with Gasteiger partial charge in [0.1, 0.15) is 0 Å². The maximum atomic E-state index is 12.5. The molecule has 1 aromatic rings. The summed E-state index contributed by atoms with van der Waals surface area (Å²) < 4.78 is 43.7. The van der Waals surface area contributed by atoms with Crippen molar-refractivity contribution in [3.63, 3.8) is 0 Å². The minimum atomic E-state index is -4.23. The Kier molecular flexibility index (Phi) is 41.9. The van der Waals surface area contributed by atoms with Crippen LogP contribution in [0.5, 0.6) is 0 Å². The summed E-state index contributed by atoms with van der Waals surface area (Å²) in [5.41, 5.74) is 3.52. The molecule has 1 rings (SSSR count). The first kappa shape index (κ1) is 53.9. The van der Waals surface area contributed by atoms with Crippen LogP contribution in [0.4, 0.5) is 0 Å². The van der Waals surface area contributed by atoms with E-state index in [9.17, 15) is 13.0 Å². The Balaban J connectivity index is 0. The molecule has 7 heteroatoms. The van der Waals surface area contributed by atoms with Gasteiger partial charge in [-0.15, -0.1) is 0 Å². The van der Waals surface area contributed by atoms with Gasteiger partial charge in [0.2, 0.25) is 0 Å². The molecule has 0 saturated carbocycles. The Labute approximate surface area is 340 Å². The predicted octanol–water partition coefficient (Wildman–Crippen LogP) is 14.6. The monoisotopic (exact) mass is 829 g/mol. The number of aliphatic hydroxyl groups excluding tert-OH is 1. The van der Waals surface area contributed by atoms with Crippen LogP contribution in [-0.4, -0.2) is 24.2 Å². The van der Waals surface area contributed by atoms with Crippen molar-refractivity contribution in [3.05, 3.63) is 28.8 Å². The van der Waals surface area contributed by atoms with Gasteiger partial charge >= 0.3 is 27.5 Å². The van der Waals surface area contributed by atoms with Crippen LogP contribution < -0.4 is 0 Å². The van der Waals surface area contributed by atoms with E-state index in [2.05, 4.69) is 20.8 Å². The number of benzene rings is 1. The Morgan fingerprint density at radius 2 is 0.712 bits per heavy atom. The Hall–Kier alpha value is -0.227. The van der Waals surface area contributed by atoms with Crippen molar-refractivity contribution in [3.8, 4) is 0 Å². The van der Waals surface area contributed by atoms with E-state index in [1.54, 1.807) is 19.9 Å². The van der Waals surface area contributed by atoms with Gasteiger partial charge in [0.25, 0.3) is 10.1 Å². The van der Waals surface area contributed by atoms with Crippen LogP contribution in [0.2, 0.25) is 0 Å². The summed E-state index contributed by atoms with van der Waals surface area (Å²) in [5.74, 6) is 0. The zero-order valence-corrected chi connectivity index (χ0v) is 38.4. The topological polar surface area (TPSA) is 91.7 Å². The molecule has 0 aliphatic carbocycles. The number of unbranched alkanes of at least 4 members (excludes halogenated alkanes) is 27. The van der Waals surface area contributed by atoms with Crippen LogP contribution in [-0.2, 0) is 56.9 Å².